The third-order valence-corrected chi connectivity index (χ3v) is 13.5. The number of nitrogens with zero attached hydrogens (tertiary/aromatic N) is 5. The van der Waals surface area contributed by atoms with E-state index in [1.54, 1.807) is 12.1 Å². The molecule has 0 radical (unpaired) electrons. The lowest BCUT2D eigenvalue weighted by Gasteiger charge is -2.51. The van der Waals surface area contributed by atoms with Crippen molar-refractivity contribution in [2.45, 2.75) is 95.7 Å². The third-order valence-electron chi connectivity index (χ3n) is 13.5. The predicted molar refractivity (Wildman–Crippen MR) is 210 cm³/mol. The number of aromatic nitrogens is 3. The first-order valence-corrected chi connectivity index (χ1v) is 20.5. The summed E-state index contributed by atoms with van der Waals surface area (Å²) in [6.07, 6.45) is 12.8. The van der Waals surface area contributed by atoms with Crippen molar-refractivity contribution in [3.63, 3.8) is 0 Å². The summed E-state index contributed by atoms with van der Waals surface area (Å²) >= 11 is 0. The zero-order chi connectivity index (χ0) is 39.0. The number of phenols is 1. The number of benzene rings is 2. The maximum Gasteiger partial charge on any atom is 0.319 e. The molecule has 302 valence electrons. The van der Waals surface area contributed by atoms with Crippen molar-refractivity contribution in [3.05, 3.63) is 47.7 Å². The summed E-state index contributed by atoms with van der Waals surface area (Å²) < 4.78 is 50.3. The SMILES string of the molecule is CCc1c(F)ccc2cc(O)cc(-c3ncc4c(N5CCOCC(O)C5)nc(OCC56CCCC5N(C5CCC7(CCOC7)CC5)CCC6)nc4c3F)c12.CO. The Bertz CT molecular complexity index is 2040. The van der Waals surface area contributed by atoms with E-state index in [9.17, 15) is 10.2 Å². The average Bonchev–Trinajstić information content (AvgIpc) is 3.80. The number of β-amino-alcohol motifs (C(OH)–C–C–N with tert-alkyl or cyclic N) is 1. The molecule has 9 rings (SSSR count). The van der Waals surface area contributed by atoms with Gasteiger partial charge in [-0.3, -0.25) is 9.88 Å². The lowest BCUT2D eigenvalue weighted by molar-refractivity contribution is -0.0405. The number of aliphatic hydroxyl groups is 2. The highest BCUT2D eigenvalue weighted by molar-refractivity contribution is 6.01. The molecule has 3 unspecified atom stereocenters. The van der Waals surface area contributed by atoms with Crippen LogP contribution < -0.4 is 9.64 Å². The van der Waals surface area contributed by atoms with Gasteiger partial charge in [0.05, 0.1) is 37.9 Å². The summed E-state index contributed by atoms with van der Waals surface area (Å²) in [5.41, 5.74) is 1.01. The number of likely N-dealkylation sites (tertiary alicyclic amines) is 1. The monoisotopic (exact) mass is 775 g/mol. The van der Waals surface area contributed by atoms with Crippen LogP contribution in [0.2, 0.25) is 0 Å². The maximum atomic E-state index is 17.1. The molecule has 56 heavy (non-hydrogen) atoms. The number of aryl methyl sites for hydroxylation is 1. The Morgan fingerprint density at radius 1 is 0.964 bits per heavy atom. The standard InChI is InChI=1S/C42H51F2N5O5.CH4O/c1-2-30-33(43)7-6-26-19-28(50)20-31(35(26)30)37-36(44)38-32(21-45-37)39(48-16-18-52-23-29(51)22-48)47-40(46-38)54-25-42-10-3-5-34(42)49(15-4-11-42)27-8-12-41(13-9-27)14-17-53-24-41;1-2/h6-7,19-21,27,29,34,50-51H,2-5,8-18,22-25H2,1H3;2H,1H3. The van der Waals surface area contributed by atoms with Crippen molar-refractivity contribution in [2.24, 2.45) is 10.8 Å². The minimum atomic E-state index is -0.762. The van der Waals surface area contributed by atoms with E-state index >= 15 is 8.78 Å². The lowest BCUT2D eigenvalue weighted by atomic mass is 9.69. The number of ether oxygens (including phenoxy) is 3. The molecule has 5 heterocycles. The van der Waals surface area contributed by atoms with E-state index in [0.717, 1.165) is 59.0 Å². The van der Waals surface area contributed by atoms with Gasteiger partial charge in [-0.1, -0.05) is 19.4 Å². The van der Waals surface area contributed by atoms with Gasteiger partial charge in [-0.15, -0.1) is 0 Å². The minimum Gasteiger partial charge on any atom is -0.508 e. The molecule has 2 aromatic carbocycles. The molecule has 11 nitrogen and oxygen atoms in total. The van der Waals surface area contributed by atoms with Crippen LogP contribution in [-0.4, -0.2) is 113 Å². The van der Waals surface area contributed by atoms with Gasteiger partial charge in [-0.25, -0.2) is 8.78 Å². The first-order chi connectivity index (χ1) is 27.3. The third kappa shape index (κ3) is 7.18. The Morgan fingerprint density at radius 2 is 1.79 bits per heavy atom. The number of aromatic hydroxyl groups is 1. The fourth-order valence-electron chi connectivity index (χ4n) is 10.7. The van der Waals surface area contributed by atoms with E-state index in [2.05, 4.69) is 9.88 Å². The summed E-state index contributed by atoms with van der Waals surface area (Å²) in [4.78, 5) is 18.9. The van der Waals surface area contributed by atoms with Gasteiger partial charge in [-0.2, -0.15) is 9.97 Å². The molecule has 4 aromatic rings. The van der Waals surface area contributed by atoms with Crippen LogP contribution in [-0.2, 0) is 15.9 Å². The molecule has 3 N–H and O–H groups in total. The molecule has 3 aliphatic heterocycles. The van der Waals surface area contributed by atoms with Crippen LogP contribution in [0.15, 0.2) is 30.5 Å². The van der Waals surface area contributed by atoms with Gasteiger partial charge >= 0.3 is 6.01 Å². The summed E-state index contributed by atoms with van der Waals surface area (Å²) in [5.74, 6) is -0.779. The Hall–Kier alpha value is -3.75. The number of rotatable bonds is 7. The fourth-order valence-corrected chi connectivity index (χ4v) is 10.7. The number of hydrogen-bond donors (Lipinski definition) is 3. The van der Waals surface area contributed by atoms with E-state index in [1.807, 2.05) is 11.8 Å². The second-order valence-corrected chi connectivity index (χ2v) is 16.6. The molecule has 5 fully saturated rings. The number of phenolic OH excluding ortho intramolecular Hbond substituents is 1. The number of anilines is 1. The number of piperidine rings is 1. The van der Waals surface area contributed by atoms with Crippen molar-refractivity contribution >= 4 is 27.5 Å². The van der Waals surface area contributed by atoms with Crippen LogP contribution in [0.25, 0.3) is 32.9 Å². The van der Waals surface area contributed by atoms with E-state index in [4.69, 9.17) is 29.3 Å². The smallest absolute Gasteiger partial charge is 0.319 e. The molecule has 2 aromatic heterocycles. The fraction of sp³-hybridized carbons (Fsp3) is 0.605. The van der Waals surface area contributed by atoms with Crippen molar-refractivity contribution < 1.29 is 38.3 Å². The number of hydrogen-bond acceptors (Lipinski definition) is 11. The molecule has 3 saturated heterocycles. The Kier molecular flexibility index (Phi) is 11.3. The normalized spacial score (nSPS) is 28.3. The molecule has 5 aliphatic rings. The average molecular weight is 776 g/mol. The number of aliphatic hydroxyl groups excluding tert-OH is 2. The van der Waals surface area contributed by atoms with Gasteiger partial charge in [0.25, 0.3) is 0 Å². The Labute approximate surface area is 327 Å². The molecule has 13 heteroatoms. The molecule has 3 atom stereocenters. The Balaban J connectivity index is 0.00000217. The molecule has 2 aliphatic carbocycles. The van der Waals surface area contributed by atoms with Gasteiger partial charge in [0.1, 0.15) is 28.6 Å². The highest BCUT2D eigenvalue weighted by Gasteiger charge is 2.51. The topological polar surface area (TPSA) is 134 Å². The summed E-state index contributed by atoms with van der Waals surface area (Å²) in [6, 6.07) is 7.01. The summed E-state index contributed by atoms with van der Waals surface area (Å²) in [5, 5.41) is 29.8. The highest BCUT2D eigenvalue weighted by atomic mass is 19.1. The molecular formula is C43H55F2N5O6. The molecular weight excluding hydrogens is 720 g/mol. The lowest BCUT2D eigenvalue weighted by Crippen LogP contribution is -2.56. The second-order valence-electron chi connectivity index (χ2n) is 16.6. The van der Waals surface area contributed by atoms with Crippen LogP contribution in [0.5, 0.6) is 11.8 Å². The number of halogens is 2. The minimum absolute atomic E-state index is 0.0170. The van der Waals surface area contributed by atoms with Gasteiger partial charge in [0.15, 0.2) is 5.82 Å². The van der Waals surface area contributed by atoms with Gasteiger partial charge in [0, 0.05) is 56.1 Å². The zero-order valence-corrected chi connectivity index (χ0v) is 32.6. The van der Waals surface area contributed by atoms with Gasteiger partial charge in [0.2, 0.25) is 0 Å². The van der Waals surface area contributed by atoms with E-state index < -0.39 is 17.7 Å². The van der Waals surface area contributed by atoms with Crippen LogP contribution in [0, 0.1) is 22.5 Å². The van der Waals surface area contributed by atoms with E-state index in [-0.39, 0.29) is 47.1 Å². The number of pyridine rings is 1. The molecule has 1 spiro atoms. The van der Waals surface area contributed by atoms with Gasteiger partial charge < -0.3 is 34.4 Å². The van der Waals surface area contributed by atoms with Gasteiger partial charge in [-0.05, 0) is 111 Å². The first kappa shape index (κ1) is 39.1. The van der Waals surface area contributed by atoms with Crippen LogP contribution in [0.3, 0.4) is 0 Å². The summed E-state index contributed by atoms with van der Waals surface area (Å²) in [6.45, 7) is 6.43. The van der Waals surface area contributed by atoms with Crippen LogP contribution in [0.1, 0.15) is 76.7 Å². The maximum absolute atomic E-state index is 17.1. The predicted octanol–water partition coefficient (Wildman–Crippen LogP) is 6.56. The van der Waals surface area contributed by atoms with Crippen molar-refractivity contribution in [1.82, 2.24) is 19.9 Å². The van der Waals surface area contributed by atoms with E-state index in [1.165, 1.54) is 50.4 Å². The zero-order valence-electron chi connectivity index (χ0n) is 32.6. The largest absolute Gasteiger partial charge is 0.508 e. The molecule has 0 amide bonds. The van der Waals surface area contributed by atoms with Crippen LogP contribution >= 0.6 is 0 Å². The van der Waals surface area contributed by atoms with Crippen LogP contribution in [0.4, 0.5) is 14.6 Å². The molecule has 0 bridgehead atoms. The van der Waals surface area contributed by atoms with Crippen molar-refractivity contribution in [2.75, 3.05) is 64.7 Å². The second kappa shape index (κ2) is 16.2. The molecule has 2 saturated carbocycles. The number of fused-ring (bicyclic) bond motifs is 3. The van der Waals surface area contributed by atoms with Crippen molar-refractivity contribution in [1.29, 1.82) is 0 Å². The summed E-state index contributed by atoms with van der Waals surface area (Å²) in [7, 11) is 1.00. The van der Waals surface area contributed by atoms with E-state index in [0.29, 0.717) is 71.2 Å². The quantitative estimate of drug-likeness (QED) is 0.189. The highest BCUT2D eigenvalue weighted by Crippen LogP contribution is 2.51. The Morgan fingerprint density at radius 3 is 2.57 bits per heavy atom. The van der Waals surface area contributed by atoms with Crippen molar-refractivity contribution in [3.8, 4) is 23.0 Å². The first-order valence-electron chi connectivity index (χ1n) is 20.5.